The van der Waals surface area contributed by atoms with E-state index in [4.69, 9.17) is 9.47 Å². The van der Waals surface area contributed by atoms with Crippen molar-refractivity contribution in [1.82, 2.24) is 25.0 Å². The van der Waals surface area contributed by atoms with Crippen LogP contribution in [0.15, 0.2) is 48.7 Å². The van der Waals surface area contributed by atoms with Crippen molar-refractivity contribution >= 4 is 45.4 Å². The van der Waals surface area contributed by atoms with E-state index in [0.29, 0.717) is 23.5 Å². The Bertz CT molecular complexity index is 1710. The third-order valence-corrected chi connectivity index (χ3v) is 11.8. The number of hydrogen-bond donors (Lipinski definition) is 6. The third-order valence-electron chi connectivity index (χ3n) is 11.4. The number of aryl methyl sites for hydroxylation is 1. The summed E-state index contributed by atoms with van der Waals surface area (Å²) in [7, 11) is 0. The second-order valence-corrected chi connectivity index (χ2v) is 17.5. The van der Waals surface area contributed by atoms with Gasteiger partial charge in [0.25, 0.3) is 0 Å². The first-order chi connectivity index (χ1) is 26.0. The Morgan fingerprint density at radius 1 is 1.02 bits per heavy atom. The molecule has 1 spiro atoms. The van der Waals surface area contributed by atoms with Gasteiger partial charge in [-0.1, -0.05) is 53.8 Å². The number of likely N-dealkylation sites (tertiary alicyclic amines) is 2. The van der Waals surface area contributed by atoms with Gasteiger partial charge >= 0.3 is 6.03 Å². The summed E-state index contributed by atoms with van der Waals surface area (Å²) in [6.45, 7) is 9.36. The topological polar surface area (TPSA) is 169 Å². The first kappa shape index (κ1) is 40.7. The highest BCUT2D eigenvalue weighted by molar-refractivity contribution is 14.1. The molecule has 296 valence electrons. The average molecular weight is 862 g/mol. The molecule has 3 aliphatic heterocycles. The van der Waals surface area contributed by atoms with Gasteiger partial charge in [0.05, 0.1) is 25.3 Å². The van der Waals surface area contributed by atoms with E-state index in [2.05, 4.69) is 50.3 Å². The predicted octanol–water partition coefficient (Wildman–Crippen LogP) is 3.11. The van der Waals surface area contributed by atoms with Gasteiger partial charge < -0.3 is 54.9 Å². The van der Waals surface area contributed by atoms with Gasteiger partial charge in [-0.05, 0) is 92.3 Å². The third kappa shape index (κ3) is 9.68. The Balaban J connectivity index is 0.966. The molecule has 6 rings (SSSR count). The molecule has 2 aromatic carbocycles. The van der Waals surface area contributed by atoms with Gasteiger partial charge in [0.2, 0.25) is 5.91 Å². The van der Waals surface area contributed by atoms with E-state index in [0.717, 1.165) is 91.7 Å². The monoisotopic (exact) mass is 861 g/mol. The van der Waals surface area contributed by atoms with E-state index in [9.17, 15) is 30.0 Å². The maximum atomic E-state index is 12.8. The molecular formula is C40H56IN5O8. The highest BCUT2D eigenvalue weighted by atomic mass is 127. The van der Waals surface area contributed by atoms with Crippen LogP contribution >= 0.6 is 22.6 Å². The standard InChI is InChI=1S/C40H56IN5O8/c1-26-6-3-7-31-34(26)29(23-46(31)38-37(51)36(50)35(49)32(24-47)54-38)20-28-8-10-30(11-9-28)53-19-5-16-44-15-4-12-40(25-44)13-17-45(18-14-40)33(48)22-43-39(52)42-21-27(2)41/h3,6-11,23,27,32,35-38,47,49-51H,4-5,12-22,24-25H2,1-2H3,(H2,42,43,52)/t27?,32-,35-,36+,37-,38-/m1/s1. The van der Waals surface area contributed by atoms with Gasteiger partial charge in [-0.15, -0.1) is 0 Å². The molecule has 6 N–H and O–H groups in total. The highest BCUT2D eigenvalue weighted by Crippen LogP contribution is 2.40. The number of aliphatic hydroxyl groups is 4. The molecule has 3 saturated heterocycles. The minimum atomic E-state index is -1.46. The fraction of sp³-hybridized carbons (Fsp3) is 0.600. The number of aliphatic hydroxyl groups excluding tert-OH is 4. The van der Waals surface area contributed by atoms with E-state index in [1.807, 2.05) is 55.3 Å². The molecule has 4 heterocycles. The lowest BCUT2D eigenvalue weighted by Gasteiger charge is -2.47. The second-order valence-electron chi connectivity index (χ2n) is 15.4. The van der Waals surface area contributed by atoms with Crippen molar-refractivity contribution in [3.8, 4) is 5.75 Å². The Hall–Kier alpha value is -2.99. The Kier molecular flexibility index (Phi) is 13.8. The average Bonchev–Trinajstić information content (AvgIpc) is 3.53. The van der Waals surface area contributed by atoms with Crippen LogP contribution in [-0.2, 0) is 16.0 Å². The zero-order valence-corrected chi connectivity index (χ0v) is 33.5. The molecule has 3 amide bonds. The Morgan fingerprint density at radius 3 is 2.50 bits per heavy atom. The number of rotatable bonds is 13. The number of nitrogens with zero attached hydrogens (tertiary/aromatic N) is 3. The maximum Gasteiger partial charge on any atom is 0.315 e. The molecule has 3 aliphatic rings. The lowest BCUT2D eigenvalue weighted by atomic mass is 9.72. The molecule has 1 aromatic heterocycles. The smallest absolute Gasteiger partial charge is 0.315 e. The first-order valence-electron chi connectivity index (χ1n) is 19.2. The van der Waals surface area contributed by atoms with Crippen LogP contribution in [0.1, 0.15) is 61.9 Å². The summed E-state index contributed by atoms with van der Waals surface area (Å²) < 4.78 is 14.2. The molecule has 0 bridgehead atoms. The van der Waals surface area contributed by atoms with Crippen LogP contribution in [0, 0.1) is 12.3 Å². The molecule has 1 unspecified atom stereocenters. The molecule has 14 heteroatoms. The normalized spacial score (nSPS) is 25.1. The van der Waals surface area contributed by atoms with E-state index in [-0.39, 0.29) is 23.9 Å². The molecule has 6 atom stereocenters. The van der Waals surface area contributed by atoms with Gasteiger partial charge in [0.15, 0.2) is 6.23 Å². The molecule has 0 radical (unpaired) electrons. The van der Waals surface area contributed by atoms with Gasteiger partial charge in [0, 0.05) is 48.2 Å². The number of alkyl halides is 1. The van der Waals surface area contributed by atoms with Crippen LogP contribution in [0.5, 0.6) is 5.75 Å². The van der Waals surface area contributed by atoms with E-state index >= 15 is 0 Å². The summed E-state index contributed by atoms with van der Waals surface area (Å²) in [5.41, 5.74) is 4.27. The number of fused-ring (bicyclic) bond motifs is 1. The number of aromatic nitrogens is 1. The number of piperidine rings is 2. The van der Waals surface area contributed by atoms with Crippen molar-refractivity contribution in [3.05, 3.63) is 65.4 Å². The number of nitrogens with one attached hydrogen (secondary N) is 2. The number of ether oxygens (including phenoxy) is 2. The number of benzene rings is 2. The van der Waals surface area contributed by atoms with Crippen molar-refractivity contribution < 1.29 is 39.5 Å². The van der Waals surface area contributed by atoms with E-state index < -0.39 is 37.3 Å². The van der Waals surface area contributed by atoms with Crippen LogP contribution in [0.3, 0.4) is 0 Å². The number of carbonyl (C=O) groups excluding carboxylic acids is 2. The summed E-state index contributed by atoms with van der Waals surface area (Å²) in [4.78, 5) is 29.2. The number of hydrogen-bond acceptors (Lipinski definition) is 9. The fourth-order valence-electron chi connectivity index (χ4n) is 8.35. The van der Waals surface area contributed by atoms with E-state index in [1.54, 1.807) is 4.57 Å². The minimum absolute atomic E-state index is 0.0186. The van der Waals surface area contributed by atoms with Gasteiger partial charge in [0.1, 0.15) is 30.2 Å². The molecule has 0 aliphatic carbocycles. The number of urea groups is 1. The van der Waals surface area contributed by atoms with Crippen LogP contribution < -0.4 is 15.4 Å². The van der Waals surface area contributed by atoms with Crippen molar-refractivity contribution in [3.63, 3.8) is 0 Å². The van der Waals surface area contributed by atoms with Gasteiger partial charge in [-0.25, -0.2) is 4.79 Å². The van der Waals surface area contributed by atoms with Crippen molar-refractivity contribution in [2.45, 2.75) is 86.9 Å². The minimum Gasteiger partial charge on any atom is -0.494 e. The highest BCUT2D eigenvalue weighted by Gasteiger charge is 2.45. The van der Waals surface area contributed by atoms with Gasteiger partial charge in [-0.2, -0.15) is 0 Å². The molecule has 13 nitrogen and oxygen atoms in total. The predicted molar refractivity (Wildman–Crippen MR) is 214 cm³/mol. The lowest BCUT2D eigenvalue weighted by Crippen LogP contribution is -2.56. The van der Waals surface area contributed by atoms with Crippen LogP contribution in [-0.4, -0.2) is 134 Å². The van der Waals surface area contributed by atoms with E-state index in [1.165, 1.54) is 6.42 Å². The van der Waals surface area contributed by atoms with Crippen LogP contribution in [0.4, 0.5) is 4.79 Å². The summed E-state index contributed by atoms with van der Waals surface area (Å²) in [6, 6.07) is 13.7. The number of amides is 3. The second kappa shape index (κ2) is 18.3. The quantitative estimate of drug-likeness (QED) is 0.0860. The molecule has 0 saturated carbocycles. The largest absolute Gasteiger partial charge is 0.494 e. The van der Waals surface area contributed by atoms with Crippen molar-refractivity contribution in [2.24, 2.45) is 5.41 Å². The fourth-order valence-corrected chi connectivity index (χ4v) is 8.57. The summed E-state index contributed by atoms with van der Waals surface area (Å²) in [5.74, 6) is 0.798. The SMILES string of the molecule is Cc1cccc2c1c(Cc1ccc(OCCCN3CCCC4(CCN(C(=O)CNC(=O)NCC(C)I)CC4)C3)cc1)cn2[C@@H]1O[C@H](CO)[C@@H](O)[C@H](O)[C@H]1O. The molecule has 54 heavy (non-hydrogen) atoms. The lowest BCUT2D eigenvalue weighted by molar-refractivity contribution is -0.250. The van der Waals surface area contributed by atoms with Crippen molar-refractivity contribution in [1.29, 1.82) is 0 Å². The van der Waals surface area contributed by atoms with Gasteiger partial charge in [-0.3, -0.25) is 4.79 Å². The maximum absolute atomic E-state index is 12.8. The summed E-state index contributed by atoms with van der Waals surface area (Å²) in [5, 5.41) is 47.9. The van der Waals surface area contributed by atoms with Crippen molar-refractivity contribution in [2.75, 3.05) is 59.0 Å². The summed E-state index contributed by atoms with van der Waals surface area (Å²) in [6.07, 6.45) is 1.60. The van der Waals surface area contributed by atoms with Crippen LogP contribution in [0.25, 0.3) is 10.9 Å². The zero-order chi connectivity index (χ0) is 38.4. The Labute approximate surface area is 331 Å². The first-order valence-corrected chi connectivity index (χ1v) is 20.5. The van der Waals surface area contributed by atoms with Crippen LogP contribution in [0.2, 0.25) is 0 Å². The number of halogens is 1. The number of carbonyl (C=O) groups is 2. The molecule has 3 fully saturated rings. The molecule has 3 aromatic rings. The Morgan fingerprint density at radius 2 is 1.78 bits per heavy atom. The zero-order valence-electron chi connectivity index (χ0n) is 31.3. The summed E-state index contributed by atoms with van der Waals surface area (Å²) >= 11 is 2.25. The molecular weight excluding hydrogens is 805 g/mol.